The van der Waals surface area contributed by atoms with Crippen molar-refractivity contribution in [3.63, 3.8) is 0 Å². The molecule has 0 fully saturated rings. The first-order valence-corrected chi connectivity index (χ1v) is 5.96. The normalized spacial score (nSPS) is 10.6. The fourth-order valence-corrected chi connectivity index (χ4v) is 0.353. The number of rotatable bonds is 5. The summed E-state index contributed by atoms with van der Waals surface area (Å²) in [5.41, 5.74) is 0. The number of carboxylic acid groups (broad SMARTS) is 2. The van der Waals surface area contributed by atoms with Gasteiger partial charge in [-0.2, -0.15) is 0 Å². The van der Waals surface area contributed by atoms with E-state index in [0.29, 0.717) is 6.42 Å². The molecule has 0 aromatic rings. The van der Waals surface area contributed by atoms with Crippen molar-refractivity contribution in [1.29, 1.82) is 0 Å². The predicted octanol–water partition coefficient (Wildman–Crippen LogP) is 1.35. The Balaban J connectivity index is -0.000000190. The second-order valence-corrected chi connectivity index (χ2v) is 3.81. The van der Waals surface area contributed by atoms with Crippen LogP contribution in [-0.4, -0.2) is 45.1 Å². The monoisotopic (exact) mass is 266 g/mol. The van der Waals surface area contributed by atoms with Gasteiger partial charge in [-0.05, 0) is 12.8 Å². The van der Waals surface area contributed by atoms with Crippen LogP contribution in [-0.2, 0) is 9.59 Å². The number of aliphatic hydroxyl groups excluding tert-OH is 2. The third-order valence-corrected chi connectivity index (χ3v) is 1.73. The maximum Gasteiger partial charge on any atom is 0.305 e. The van der Waals surface area contributed by atoms with Crippen molar-refractivity contribution >= 4 is 11.9 Å². The van der Waals surface area contributed by atoms with Gasteiger partial charge in [0, 0.05) is 13.0 Å². The van der Waals surface area contributed by atoms with Crippen molar-refractivity contribution in [3.8, 4) is 0 Å². The SMILES string of the molecule is CC(C)C(=O)O.CCC(=O)O.CCC(O)CCO. The molecule has 0 radical (unpaired) electrons. The molecule has 0 saturated carbocycles. The maximum absolute atomic E-state index is 9.70. The van der Waals surface area contributed by atoms with E-state index in [1.54, 1.807) is 20.8 Å². The Morgan fingerprint density at radius 2 is 1.44 bits per heavy atom. The first kappa shape index (κ1) is 22.1. The van der Waals surface area contributed by atoms with Crippen LogP contribution in [0.25, 0.3) is 0 Å². The molecule has 0 aliphatic rings. The van der Waals surface area contributed by atoms with E-state index in [0.717, 1.165) is 6.42 Å². The van der Waals surface area contributed by atoms with Crippen LogP contribution in [0.1, 0.15) is 47.0 Å². The zero-order valence-corrected chi connectivity index (χ0v) is 11.6. The Labute approximate surface area is 108 Å². The van der Waals surface area contributed by atoms with E-state index >= 15 is 0 Å². The van der Waals surface area contributed by atoms with Gasteiger partial charge in [-0.3, -0.25) is 9.59 Å². The third kappa shape index (κ3) is 29.4. The lowest BCUT2D eigenvalue weighted by Gasteiger charge is -2.01. The Morgan fingerprint density at radius 3 is 1.50 bits per heavy atom. The molecule has 0 spiro atoms. The van der Waals surface area contributed by atoms with Crippen molar-refractivity contribution in [2.75, 3.05) is 6.61 Å². The summed E-state index contributed by atoms with van der Waals surface area (Å²) in [6.45, 7) is 6.86. The van der Waals surface area contributed by atoms with Crippen LogP contribution < -0.4 is 0 Å². The Kier molecular flexibility index (Phi) is 19.5. The largest absolute Gasteiger partial charge is 0.481 e. The van der Waals surface area contributed by atoms with Gasteiger partial charge in [0.2, 0.25) is 0 Å². The van der Waals surface area contributed by atoms with Crippen LogP contribution in [0.5, 0.6) is 0 Å². The molecule has 0 heterocycles. The number of carbonyl (C=O) groups is 2. The molecule has 18 heavy (non-hydrogen) atoms. The fraction of sp³-hybridized carbons (Fsp3) is 0.833. The molecular weight excluding hydrogens is 240 g/mol. The number of aliphatic hydroxyl groups is 2. The van der Waals surface area contributed by atoms with Gasteiger partial charge in [0.25, 0.3) is 0 Å². The molecule has 1 atom stereocenters. The molecule has 0 saturated heterocycles. The molecular formula is C12H26O6. The lowest BCUT2D eigenvalue weighted by Crippen LogP contribution is -2.05. The summed E-state index contributed by atoms with van der Waals surface area (Å²) < 4.78 is 0. The number of hydrogen-bond donors (Lipinski definition) is 4. The van der Waals surface area contributed by atoms with Crippen molar-refractivity contribution in [1.82, 2.24) is 0 Å². The van der Waals surface area contributed by atoms with Crippen molar-refractivity contribution < 1.29 is 30.0 Å². The van der Waals surface area contributed by atoms with Crippen LogP contribution in [0.3, 0.4) is 0 Å². The van der Waals surface area contributed by atoms with Crippen molar-refractivity contribution in [2.24, 2.45) is 5.92 Å². The van der Waals surface area contributed by atoms with Gasteiger partial charge in [0.05, 0.1) is 12.0 Å². The summed E-state index contributed by atoms with van der Waals surface area (Å²) in [5, 5.41) is 32.6. The van der Waals surface area contributed by atoms with Gasteiger partial charge < -0.3 is 20.4 Å². The van der Waals surface area contributed by atoms with Crippen LogP contribution in [0, 0.1) is 5.92 Å². The zero-order valence-electron chi connectivity index (χ0n) is 11.6. The highest BCUT2D eigenvalue weighted by Crippen LogP contribution is 1.92. The van der Waals surface area contributed by atoms with Gasteiger partial charge >= 0.3 is 11.9 Å². The summed E-state index contributed by atoms with van der Waals surface area (Å²) in [7, 11) is 0. The first-order chi connectivity index (χ1) is 8.22. The van der Waals surface area contributed by atoms with E-state index < -0.39 is 11.9 Å². The van der Waals surface area contributed by atoms with E-state index in [1.807, 2.05) is 6.92 Å². The molecule has 0 rings (SSSR count). The molecule has 6 nitrogen and oxygen atoms in total. The minimum atomic E-state index is -0.745. The summed E-state index contributed by atoms with van der Waals surface area (Å²) in [4.78, 5) is 19.1. The highest BCUT2D eigenvalue weighted by molar-refractivity contribution is 5.68. The topological polar surface area (TPSA) is 115 Å². The van der Waals surface area contributed by atoms with E-state index in [4.69, 9.17) is 20.4 Å². The highest BCUT2D eigenvalue weighted by Gasteiger charge is 1.99. The summed E-state index contributed by atoms with van der Waals surface area (Å²) in [6.07, 6.45) is 1.17. The fourth-order valence-electron chi connectivity index (χ4n) is 0.353. The second kappa shape index (κ2) is 15.9. The maximum atomic E-state index is 9.70. The number of hydrogen-bond acceptors (Lipinski definition) is 4. The van der Waals surface area contributed by atoms with Crippen molar-refractivity contribution in [2.45, 2.75) is 53.1 Å². The van der Waals surface area contributed by atoms with Crippen LogP contribution >= 0.6 is 0 Å². The van der Waals surface area contributed by atoms with Gasteiger partial charge in [-0.15, -0.1) is 0 Å². The lowest BCUT2D eigenvalue weighted by atomic mass is 10.2. The molecule has 0 aromatic carbocycles. The molecule has 4 N–H and O–H groups in total. The van der Waals surface area contributed by atoms with Gasteiger partial charge in [0.15, 0.2) is 0 Å². The molecule has 110 valence electrons. The van der Waals surface area contributed by atoms with Gasteiger partial charge in [-0.25, -0.2) is 0 Å². The lowest BCUT2D eigenvalue weighted by molar-refractivity contribution is -0.140. The molecule has 1 unspecified atom stereocenters. The highest BCUT2D eigenvalue weighted by atomic mass is 16.4. The minimum Gasteiger partial charge on any atom is -0.481 e. The number of aliphatic carboxylic acids is 2. The van der Waals surface area contributed by atoms with E-state index in [-0.39, 0.29) is 25.0 Å². The molecule has 6 heteroatoms. The molecule has 0 bridgehead atoms. The Bertz CT molecular complexity index is 203. The molecule has 0 amide bonds. The Morgan fingerprint density at radius 1 is 1.11 bits per heavy atom. The quantitative estimate of drug-likeness (QED) is 0.597. The van der Waals surface area contributed by atoms with E-state index in [1.165, 1.54) is 0 Å². The number of carboxylic acids is 2. The summed E-state index contributed by atoms with van der Waals surface area (Å²) >= 11 is 0. The third-order valence-electron chi connectivity index (χ3n) is 1.73. The van der Waals surface area contributed by atoms with Crippen LogP contribution in [0.15, 0.2) is 0 Å². The van der Waals surface area contributed by atoms with Crippen LogP contribution in [0.2, 0.25) is 0 Å². The standard InChI is InChI=1S/C5H12O2.C4H8O2.C3H6O2/c1-2-5(7)3-4-6;1-3(2)4(5)6;1-2-3(4)5/h5-7H,2-4H2,1H3;3H,1-2H3,(H,5,6);2H2,1H3,(H,4,5). The van der Waals surface area contributed by atoms with E-state index in [9.17, 15) is 9.59 Å². The average Bonchev–Trinajstić information content (AvgIpc) is 2.30. The molecule has 0 aliphatic carbocycles. The second-order valence-electron chi connectivity index (χ2n) is 3.81. The Hall–Kier alpha value is -1.14. The first-order valence-electron chi connectivity index (χ1n) is 5.96. The molecule has 0 aliphatic heterocycles. The zero-order chi connectivity index (χ0) is 15.1. The van der Waals surface area contributed by atoms with Crippen LogP contribution in [0.4, 0.5) is 0 Å². The smallest absolute Gasteiger partial charge is 0.305 e. The minimum absolute atomic E-state index is 0.0923. The van der Waals surface area contributed by atoms with Gasteiger partial charge in [-0.1, -0.05) is 27.7 Å². The summed E-state index contributed by atoms with van der Waals surface area (Å²) in [6, 6.07) is 0. The van der Waals surface area contributed by atoms with Crippen molar-refractivity contribution in [3.05, 3.63) is 0 Å². The van der Waals surface area contributed by atoms with E-state index in [2.05, 4.69) is 0 Å². The van der Waals surface area contributed by atoms with Gasteiger partial charge in [0.1, 0.15) is 0 Å². The summed E-state index contributed by atoms with van der Waals surface area (Å²) in [5.74, 6) is -1.72. The predicted molar refractivity (Wildman–Crippen MR) is 68.4 cm³/mol. The average molecular weight is 266 g/mol. The molecule has 0 aromatic heterocycles.